The summed E-state index contributed by atoms with van der Waals surface area (Å²) < 4.78 is 15.0. The molecule has 0 aliphatic carbocycles. The quantitative estimate of drug-likeness (QED) is 0.714. The molecule has 6 heteroatoms. The summed E-state index contributed by atoms with van der Waals surface area (Å²) in [6, 6.07) is 15.4. The number of halogens is 1. The Hall–Kier alpha value is -3.41. The van der Waals surface area contributed by atoms with Crippen molar-refractivity contribution in [1.82, 2.24) is 9.88 Å². The van der Waals surface area contributed by atoms with Crippen LogP contribution >= 0.6 is 0 Å². The van der Waals surface area contributed by atoms with E-state index in [0.29, 0.717) is 29.8 Å². The molecule has 0 radical (unpaired) electrons. The summed E-state index contributed by atoms with van der Waals surface area (Å²) >= 11 is 0. The second-order valence-corrected chi connectivity index (χ2v) is 6.66. The van der Waals surface area contributed by atoms with Crippen molar-refractivity contribution in [3.63, 3.8) is 0 Å². The van der Waals surface area contributed by atoms with Crippen LogP contribution in [0, 0.1) is 12.7 Å². The number of hydrogen-bond donors (Lipinski definition) is 2. The average molecular weight is 380 g/mol. The Labute approximate surface area is 162 Å². The van der Waals surface area contributed by atoms with Gasteiger partial charge >= 0.3 is 0 Å². The Morgan fingerprint density at radius 2 is 1.86 bits per heavy atom. The molecule has 0 bridgehead atoms. The molecule has 28 heavy (non-hydrogen) atoms. The number of hydrogen-bond acceptors (Lipinski definition) is 3. The van der Waals surface area contributed by atoms with Crippen molar-refractivity contribution in [3.05, 3.63) is 87.5 Å². The van der Waals surface area contributed by atoms with Gasteiger partial charge in [0.1, 0.15) is 5.82 Å². The third kappa shape index (κ3) is 4.11. The summed E-state index contributed by atoms with van der Waals surface area (Å²) in [4.78, 5) is 24.9. The van der Waals surface area contributed by atoms with Gasteiger partial charge in [0.05, 0.1) is 11.3 Å². The van der Waals surface area contributed by atoms with Crippen LogP contribution in [0.15, 0.2) is 59.4 Å². The minimum atomic E-state index is -0.715. The van der Waals surface area contributed by atoms with Crippen molar-refractivity contribution in [3.8, 4) is 17.0 Å². The number of nitrogens with one attached hydrogen (secondary N) is 1. The average Bonchev–Trinajstić information content (AvgIpc) is 2.66. The van der Waals surface area contributed by atoms with E-state index in [4.69, 9.17) is 0 Å². The van der Waals surface area contributed by atoms with Crippen LogP contribution in [0.1, 0.15) is 21.5 Å². The molecule has 0 unspecified atom stereocenters. The zero-order chi connectivity index (χ0) is 20.3. The number of benzene rings is 2. The maximum absolute atomic E-state index is 13.8. The largest absolute Gasteiger partial charge is 0.502 e. The highest BCUT2D eigenvalue weighted by atomic mass is 19.1. The number of carbonyl (C=O) groups is 1. The van der Waals surface area contributed by atoms with Crippen molar-refractivity contribution in [2.45, 2.75) is 13.3 Å². The predicted octanol–water partition coefficient (Wildman–Crippen LogP) is 3.18. The van der Waals surface area contributed by atoms with Crippen molar-refractivity contribution in [2.75, 3.05) is 6.54 Å². The molecule has 2 N–H and O–H groups in total. The molecule has 0 saturated carbocycles. The summed E-state index contributed by atoms with van der Waals surface area (Å²) in [6.07, 6.45) is 0.619. The molecule has 0 spiro atoms. The second-order valence-electron chi connectivity index (χ2n) is 6.66. The molecule has 0 aliphatic rings. The predicted molar refractivity (Wildman–Crippen MR) is 106 cm³/mol. The summed E-state index contributed by atoms with van der Waals surface area (Å²) in [6.45, 7) is 2.09. The van der Waals surface area contributed by atoms with Gasteiger partial charge in [-0.3, -0.25) is 9.59 Å². The number of aromatic hydroxyl groups is 1. The highest BCUT2D eigenvalue weighted by molar-refractivity contribution is 5.97. The summed E-state index contributed by atoms with van der Waals surface area (Å²) in [5.74, 6) is -1.62. The molecule has 144 valence electrons. The van der Waals surface area contributed by atoms with Gasteiger partial charge in [-0.2, -0.15) is 0 Å². The van der Waals surface area contributed by atoms with Crippen LogP contribution in [-0.4, -0.2) is 22.1 Å². The van der Waals surface area contributed by atoms with Crippen LogP contribution in [0.4, 0.5) is 4.39 Å². The first-order valence-corrected chi connectivity index (χ1v) is 8.89. The number of aromatic nitrogens is 1. The van der Waals surface area contributed by atoms with Gasteiger partial charge in [-0.25, -0.2) is 4.39 Å². The van der Waals surface area contributed by atoms with Gasteiger partial charge in [-0.05, 0) is 48.7 Å². The summed E-state index contributed by atoms with van der Waals surface area (Å²) in [5, 5.41) is 12.9. The molecule has 1 heterocycles. The number of rotatable bonds is 5. The number of pyridine rings is 1. The van der Waals surface area contributed by atoms with Crippen LogP contribution in [0.3, 0.4) is 0 Å². The van der Waals surface area contributed by atoms with E-state index in [9.17, 15) is 19.1 Å². The van der Waals surface area contributed by atoms with Gasteiger partial charge in [-0.15, -0.1) is 0 Å². The van der Waals surface area contributed by atoms with Gasteiger partial charge in [0, 0.05) is 19.2 Å². The topological polar surface area (TPSA) is 71.3 Å². The Bertz CT molecular complexity index is 1050. The highest BCUT2D eigenvalue weighted by Crippen LogP contribution is 2.24. The normalized spacial score (nSPS) is 10.7. The molecule has 0 aliphatic heterocycles. The molecule has 3 rings (SSSR count). The van der Waals surface area contributed by atoms with Gasteiger partial charge in [0.25, 0.3) is 11.5 Å². The van der Waals surface area contributed by atoms with Crippen molar-refractivity contribution < 1.29 is 14.3 Å². The molecule has 5 nitrogen and oxygen atoms in total. The molecule has 0 saturated heterocycles. The van der Waals surface area contributed by atoms with Crippen LogP contribution in [0.5, 0.6) is 5.75 Å². The molecular formula is C22H21FN2O3. The smallest absolute Gasteiger partial charge is 0.293 e. The zero-order valence-corrected chi connectivity index (χ0v) is 15.7. The SMILES string of the molecule is Cc1cc(F)cc(-c2cc(C(=O)NCCc3ccccc3)c(O)c(=O)n2C)c1. The number of amides is 1. The fourth-order valence-electron chi connectivity index (χ4n) is 3.08. The van der Waals surface area contributed by atoms with E-state index in [2.05, 4.69) is 5.32 Å². The minimum absolute atomic E-state index is 0.131. The first-order valence-electron chi connectivity index (χ1n) is 8.89. The third-order valence-electron chi connectivity index (χ3n) is 4.53. The summed E-state index contributed by atoms with van der Waals surface area (Å²) in [5.41, 5.74) is 1.70. The Balaban J connectivity index is 1.89. The van der Waals surface area contributed by atoms with Crippen molar-refractivity contribution in [2.24, 2.45) is 7.05 Å². The van der Waals surface area contributed by atoms with E-state index >= 15 is 0 Å². The van der Waals surface area contributed by atoms with E-state index in [1.807, 2.05) is 30.3 Å². The Morgan fingerprint density at radius 3 is 2.54 bits per heavy atom. The monoisotopic (exact) mass is 380 g/mol. The maximum atomic E-state index is 13.8. The lowest BCUT2D eigenvalue weighted by Crippen LogP contribution is -2.29. The molecule has 0 fully saturated rings. The lowest BCUT2D eigenvalue weighted by atomic mass is 10.0. The fourth-order valence-corrected chi connectivity index (χ4v) is 3.08. The minimum Gasteiger partial charge on any atom is -0.502 e. The fraction of sp³-hybridized carbons (Fsp3) is 0.182. The van der Waals surface area contributed by atoms with Gasteiger partial charge in [-0.1, -0.05) is 30.3 Å². The van der Waals surface area contributed by atoms with Crippen LogP contribution in [0.2, 0.25) is 0 Å². The van der Waals surface area contributed by atoms with E-state index < -0.39 is 23.0 Å². The first-order chi connectivity index (χ1) is 13.4. The van der Waals surface area contributed by atoms with E-state index in [1.165, 1.54) is 29.8 Å². The van der Waals surface area contributed by atoms with Gasteiger partial charge in [0.2, 0.25) is 0 Å². The van der Waals surface area contributed by atoms with Crippen LogP contribution < -0.4 is 10.9 Å². The molecule has 3 aromatic rings. The number of carbonyl (C=O) groups excluding carboxylic acids is 1. The van der Waals surface area contributed by atoms with Crippen LogP contribution in [-0.2, 0) is 13.5 Å². The molecule has 1 amide bonds. The zero-order valence-electron chi connectivity index (χ0n) is 15.7. The molecule has 1 aromatic heterocycles. The third-order valence-corrected chi connectivity index (χ3v) is 4.53. The molecule has 0 atom stereocenters. The van der Waals surface area contributed by atoms with Gasteiger partial charge < -0.3 is 15.0 Å². The lowest BCUT2D eigenvalue weighted by Gasteiger charge is -2.13. The second kappa shape index (κ2) is 8.08. The van der Waals surface area contributed by atoms with Crippen LogP contribution in [0.25, 0.3) is 11.3 Å². The van der Waals surface area contributed by atoms with Crippen molar-refractivity contribution in [1.29, 1.82) is 0 Å². The van der Waals surface area contributed by atoms with E-state index in [-0.39, 0.29) is 5.56 Å². The Kier molecular flexibility index (Phi) is 5.59. The number of nitrogens with zero attached hydrogens (tertiary/aromatic N) is 1. The number of aryl methyl sites for hydroxylation is 1. The van der Waals surface area contributed by atoms with E-state index in [1.54, 1.807) is 13.0 Å². The molecule has 2 aromatic carbocycles. The molecular weight excluding hydrogens is 359 g/mol. The lowest BCUT2D eigenvalue weighted by molar-refractivity contribution is 0.0951. The maximum Gasteiger partial charge on any atom is 0.293 e. The summed E-state index contributed by atoms with van der Waals surface area (Å²) in [7, 11) is 1.47. The standard InChI is InChI=1S/C22H21FN2O3/c1-14-10-16(12-17(23)11-14)19-13-18(20(26)22(28)25(19)2)21(27)24-9-8-15-6-4-3-5-7-15/h3-7,10-13,26H,8-9H2,1-2H3,(H,24,27). The van der Waals surface area contributed by atoms with Gasteiger partial charge in [0.15, 0.2) is 5.75 Å². The highest BCUT2D eigenvalue weighted by Gasteiger charge is 2.19. The van der Waals surface area contributed by atoms with Crippen molar-refractivity contribution >= 4 is 5.91 Å². The van der Waals surface area contributed by atoms with E-state index in [0.717, 1.165) is 5.56 Å². The first kappa shape index (κ1) is 19.4. The Morgan fingerprint density at radius 1 is 1.14 bits per heavy atom.